The fourth-order valence-electron chi connectivity index (χ4n) is 4.24. The van der Waals surface area contributed by atoms with Crippen LogP contribution in [-0.2, 0) is 0 Å². The average Bonchev–Trinajstić information content (AvgIpc) is 3.21. The summed E-state index contributed by atoms with van der Waals surface area (Å²) in [5.74, 6) is 0.151. The quantitative estimate of drug-likeness (QED) is 0.232. The first-order valence-electron chi connectivity index (χ1n) is 11.4. The summed E-state index contributed by atoms with van der Waals surface area (Å²) in [7, 11) is 0. The molecule has 1 aliphatic carbocycles. The highest BCUT2D eigenvalue weighted by Gasteiger charge is 2.19. The summed E-state index contributed by atoms with van der Waals surface area (Å²) in [4.78, 5) is 15.9. The topological polar surface area (TPSA) is 93.0 Å². The second kappa shape index (κ2) is 10.5. The van der Waals surface area contributed by atoms with Crippen LogP contribution in [0.25, 0.3) is 11.3 Å². The molecular weight excluding hydrogens is 472 g/mol. The van der Waals surface area contributed by atoms with Crippen LogP contribution in [-0.4, -0.2) is 27.0 Å². The Morgan fingerprint density at radius 2 is 1.91 bits per heavy atom. The van der Waals surface area contributed by atoms with Crippen molar-refractivity contribution in [3.63, 3.8) is 0 Å². The number of nitro benzene ring substituents is 1. The van der Waals surface area contributed by atoms with Gasteiger partial charge in [-0.2, -0.15) is 5.10 Å². The summed E-state index contributed by atoms with van der Waals surface area (Å²) < 4.78 is 1.70. The number of halogens is 1. The number of hydrogen-bond acceptors (Lipinski definition) is 6. The van der Waals surface area contributed by atoms with E-state index in [1.165, 1.54) is 61.3 Å². The fourth-order valence-corrected chi connectivity index (χ4v) is 5.44. The summed E-state index contributed by atoms with van der Waals surface area (Å²) >= 11 is 7.50. The first-order chi connectivity index (χ1) is 16.3. The van der Waals surface area contributed by atoms with Gasteiger partial charge < -0.3 is 5.11 Å². The number of aromatic nitrogens is 1. The zero-order valence-electron chi connectivity index (χ0n) is 19.1. The van der Waals surface area contributed by atoms with Gasteiger partial charge in [0.05, 0.1) is 16.8 Å². The van der Waals surface area contributed by atoms with Crippen LogP contribution in [0.4, 0.5) is 5.69 Å². The molecule has 0 aliphatic heterocycles. The third-order valence-corrected chi connectivity index (χ3v) is 6.98. The molecule has 1 saturated carbocycles. The van der Waals surface area contributed by atoms with Crippen LogP contribution in [0.1, 0.15) is 63.0 Å². The smallest absolute Gasteiger partial charge is 0.312 e. The lowest BCUT2D eigenvalue weighted by Gasteiger charge is -2.22. The van der Waals surface area contributed by atoms with E-state index in [1.807, 2.05) is 19.2 Å². The number of hydrogen-bond donors (Lipinski definition) is 1. The number of rotatable bonds is 6. The van der Waals surface area contributed by atoms with Crippen LogP contribution in [0.5, 0.6) is 5.75 Å². The van der Waals surface area contributed by atoms with Crippen molar-refractivity contribution in [3.8, 4) is 17.0 Å². The lowest BCUT2D eigenvalue weighted by Crippen LogP contribution is -2.14. The molecule has 7 nitrogen and oxygen atoms in total. The predicted octanol–water partition coefficient (Wildman–Crippen LogP) is 6.72. The summed E-state index contributed by atoms with van der Waals surface area (Å²) in [6, 6.07) is 11.2. The molecule has 0 unspecified atom stereocenters. The van der Waals surface area contributed by atoms with E-state index >= 15 is 0 Å². The van der Waals surface area contributed by atoms with Crippen LogP contribution in [0.3, 0.4) is 0 Å². The number of thiazole rings is 1. The molecule has 0 saturated heterocycles. The largest absolute Gasteiger partial charge is 0.502 e. The van der Waals surface area contributed by atoms with Gasteiger partial charge in [0.25, 0.3) is 0 Å². The third-order valence-electron chi connectivity index (χ3n) is 5.93. The lowest BCUT2D eigenvalue weighted by molar-refractivity contribution is -0.385. The molecule has 3 aromatic rings. The highest BCUT2D eigenvalue weighted by molar-refractivity contribution is 7.07. The molecule has 178 valence electrons. The van der Waals surface area contributed by atoms with Crippen LogP contribution < -0.4 is 4.80 Å². The van der Waals surface area contributed by atoms with Crippen LogP contribution in [0.15, 0.2) is 51.9 Å². The van der Waals surface area contributed by atoms with Crippen molar-refractivity contribution in [1.29, 1.82) is 0 Å². The van der Waals surface area contributed by atoms with E-state index in [1.54, 1.807) is 4.68 Å². The Labute approximate surface area is 207 Å². The Morgan fingerprint density at radius 1 is 1.21 bits per heavy atom. The minimum absolute atomic E-state index is 0.0577. The van der Waals surface area contributed by atoms with Crippen molar-refractivity contribution in [2.45, 2.75) is 57.9 Å². The second-order valence-corrected chi connectivity index (χ2v) is 10.0. The van der Waals surface area contributed by atoms with Crippen molar-refractivity contribution < 1.29 is 10.0 Å². The van der Waals surface area contributed by atoms with Crippen LogP contribution in [0.2, 0.25) is 5.02 Å². The minimum Gasteiger partial charge on any atom is -0.502 e. The molecule has 1 fully saturated rings. The molecule has 1 heterocycles. The monoisotopic (exact) mass is 498 g/mol. The lowest BCUT2D eigenvalue weighted by atomic mass is 9.84. The summed E-state index contributed by atoms with van der Waals surface area (Å²) in [5, 5.41) is 28.3. The van der Waals surface area contributed by atoms with Gasteiger partial charge in [0.2, 0.25) is 10.6 Å². The normalized spacial score (nSPS) is 15.5. The van der Waals surface area contributed by atoms with E-state index < -0.39 is 16.4 Å². The van der Waals surface area contributed by atoms with Crippen LogP contribution in [0, 0.1) is 10.1 Å². The minimum atomic E-state index is -0.672. The number of nitro groups is 1. The maximum absolute atomic E-state index is 11.2. The average molecular weight is 499 g/mol. The van der Waals surface area contributed by atoms with Crippen molar-refractivity contribution >= 4 is 34.8 Å². The number of benzene rings is 2. The molecule has 0 amide bonds. The van der Waals surface area contributed by atoms with Gasteiger partial charge in [-0.3, -0.25) is 15.1 Å². The fraction of sp³-hybridized carbons (Fsp3) is 0.360. The maximum atomic E-state index is 11.2. The highest BCUT2D eigenvalue weighted by Crippen LogP contribution is 2.34. The Morgan fingerprint density at radius 3 is 2.56 bits per heavy atom. The molecule has 2 aromatic carbocycles. The van der Waals surface area contributed by atoms with E-state index in [-0.39, 0.29) is 16.6 Å². The molecule has 0 bridgehead atoms. The number of phenols is 1. The molecule has 0 spiro atoms. The first kappa shape index (κ1) is 24.2. The predicted molar refractivity (Wildman–Crippen MR) is 137 cm³/mol. The van der Waals surface area contributed by atoms with Gasteiger partial charge in [-0.05, 0) is 44.2 Å². The van der Waals surface area contributed by atoms with Crippen molar-refractivity contribution in [3.05, 3.63) is 72.8 Å². The Kier molecular flexibility index (Phi) is 7.48. The standard InChI is InChI=1S/C25H27ClN4O3S/c1-16(2)28-25-29(27-14-20-12-21(26)13-22(24(20)31)30(32)33)23(15-34-25)19-10-8-18(9-11-19)17-6-4-3-5-7-17/h8-17,31H,3-7H2,1-2H3. The zero-order chi connectivity index (χ0) is 24.2. The first-order valence-corrected chi connectivity index (χ1v) is 12.6. The summed E-state index contributed by atoms with van der Waals surface area (Å²) in [6.07, 6.45) is 7.78. The van der Waals surface area contributed by atoms with Gasteiger partial charge in [0.15, 0.2) is 0 Å². The van der Waals surface area contributed by atoms with Crippen molar-refractivity contribution in [2.75, 3.05) is 0 Å². The van der Waals surface area contributed by atoms with Gasteiger partial charge in [-0.15, -0.1) is 11.3 Å². The number of nitrogens with zero attached hydrogens (tertiary/aromatic N) is 4. The van der Waals surface area contributed by atoms with E-state index in [4.69, 9.17) is 11.6 Å². The van der Waals surface area contributed by atoms with Gasteiger partial charge in [0, 0.05) is 33.6 Å². The van der Waals surface area contributed by atoms with Crippen molar-refractivity contribution in [1.82, 2.24) is 4.68 Å². The van der Waals surface area contributed by atoms with E-state index in [9.17, 15) is 15.2 Å². The summed E-state index contributed by atoms with van der Waals surface area (Å²) in [5.41, 5.74) is 2.92. The Balaban J connectivity index is 1.73. The SMILES string of the molecule is CC(C)N=c1scc(-c2ccc(C3CCCCC3)cc2)n1N=Cc1cc(Cl)cc([N+](=O)[O-])c1O. The molecule has 1 N–H and O–H groups in total. The van der Waals surface area contributed by atoms with Crippen molar-refractivity contribution in [2.24, 2.45) is 10.1 Å². The molecule has 0 atom stereocenters. The Bertz CT molecular complexity index is 1270. The highest BCUT2D eigenvalue weighted by atomic mass is 35.5. The molecule has 1 aromatic heterocycles. The van der Waals surface area contributed by atoms with E-state index in [0.717, 1.165) is 17.3 Å². The molecule has 0 radical (unpaired) electrons. The van der Waals surface area contributed by atoms with Gasteiger partial charge >= 0.3 is 5.69 Å². The molecule has 34 heavy (non-hydrogen) atoms. The zero-order valence-corrected chi connectivity index (χ0v) is 20.7. The molecular formula is C25H27ClN4O3S. The molecule has 1 aliphatic rings. The van der Waals surface area contributed by atoms with Gasteiger partial charge in [-0.25, -0.2) is 4.68 Å². The summed E-state index contributed by atoms with van der Waals surface area (Å²) in [6.45, 7) is 3.97. The second-order valence-electron chi connectivity index (χ2n) is 8.76. The van der Waals surface area contributed by atoms with Gasteiger partial charge in [0.1, 0.15) is 0 Å². The number of aromatic hydroxyl groups is 1. The maximum Gasteiger partial charge on any atom is 0.312 e. The molecule has 9 heteroatoms. The number of phenolic OH excluding ortho intramolecular Hbond substituents is 1. The van der Waals surface area contributed by atoms with Gasteiger partial charge in [-0.1, -0.05) is 55.1 Å². The Hall–Kier alpha value is -2.97. The molecule has 4 rings (SSSR count). The van der Waals surface area contributed by atoms with Crippen LogP contribution >= 0.6 is 22.9 Å². The third kappa shape index (κ3) is 5.39. The van der Waals surface area contributed by atoms with E-state index in [2.05, 4.69) is 34.4 Å². The van der Waals surface area contributed by atoms with E-state index in [0.29, 0.717) is 10.7 Å².